The minimum atomic E-state index is -0.965. The van der Waals surface area contributed by atoms with Crippen molar-refractivity contribution in [2.75, 3.05) is 27.2 Å². The molecule has 0 heterocycles. The lowest BCUT2D eigenvalue weighted by molar-refractivity contribution is 0.0223. The van der Waals surface area contributed by atoms with Gasteiger partial charge < -0.3 is 19.6 Å². The third-order valence-corrected chi connectivity index (χ3v) is 3.04. The van der Waals surface area contributed by atoms with Crippen molar-refractivity contribution in [2.45, 2.75) is 32.9 Å². The van der Waals surface area contributed by atoms with Crippen LogP contribution < -0.4 is 0 Å². The molecule has 0 spiro atoms. The third-order valence-electron chi connectivity index (χ3n) is 3.04. The molecule has 0 aliphatic heterocycles. The molecule has 0 radical (unpaired) electrons. The molecule has 0 saturated carbocycles. The summed E-state index contributed by atoms with van der Waals surface area (Å²) < 4.78 is 5.44. The molecule has 1 N–H and O–H groups in total. The standard InChI is InChI=1S/C17H26N2O4/c1-17(2,3)23-16(22)19(11-10-18(4)5)12-13-6-8-14(9-7-13)15(20)21/h6-9H,10-12H2,1-5H3,(H,20,21). The molecular weight excluding hydrogens is 296 g/mol. The summed E-state index contributed by atoms with van der Waals surface area (Å²) in [5, 5.41) is 8.93. The fourth-order valence-corrected chi connectivity index (χ4v) is 1.86. The minimum absolute atomic E-state index is 0.228. The molecule has 1 aromatic carbocycles. The second-order valence-electron chi connectivity index (χ2n) is 6.71. The molecule has 23 heavy (non-hydrogen) atoms. The number of nitrogens with zero attached hydrogens (tertiary/aromatic N) is 2. The Labute approximate surface area is 137 Å². The molecule has 1 amide bonds. The summed E-state index contributed by atoms with van der Waals surface area (Å²) in [5.74, 6) is -0.965. The van der Waals surface area contributed by atoms with Crippen molar-refractivity contribution in [3.05, 3.63) is 35.4 Å². The maximum absolute atomic E-state index is 12.3. The number of carbonyl (C=O) groups excluding carboxylic acids is 1. The van der Waals surface area contributed by atoms with E-state index in [1.54, 1.807) is 17.0 Å². The van der Waals surface area contributed by atoms with Gasteiger partial charge in [0.2, 0.25) is 0 Å². The first-order chi connectivity index (χ1) is 10.6. The molecule has 0 atom stereocenters. The number of carboxylic acid groups (broad SMARTS) is 1. The number of hydrogen-bond donors (Lipinski definition) is 1. The fourth-order valence-electron chi connectivity index (χ4n) is 1.86. The van der Waals surface area contributed by atoms with Gasteiger partial charge in [0.1, 0.15) is 5.60 Å². The van der Waals surface area contributed by atoms with E-state index in [2.05, 4.69) is 0 Å². The first kappa shape index (κ1) is 19.0. The number of hydrogen-bond acceptors (Lipinski definition) is 4. The zero-order valence-corrected chi connectivity index (χ0v) is 14.5. The molecule has 0 unspecified atom stereocenters. The molecule has 1 aromatic rings. The van der Waals surface area contributed by atoms with Gasteiger partial charge in [-0.2, -0.15) is 0 Å². The van der Waals surface area contributed by atoms with Gasteiger partial charge in [0, 0.05) is 19.6 Å². The quantitative estimate of drug-likeness (QED) is 0.872. The highest BCUT2D eigenvalue weighted by Gasteiger charge is 2.22. The van der Waals surface area contributed by atoms with Crippen LogP contribution in [-0.2, 0) is 11.3 Å². The maximum atomic E-state index is 12.3. The summed E-state index contributed by atoms with van der Waals surface area (Å²) >= 11 is 0. The normalized spacial score (nSPS) is 11.4. The zero-order valence-electron chi connectivity index (χ0n) is 14.5. The molecule has 0 aliphatic carbocycles. The van der Waals surface area contributed by atoms with Crippen molar-refractivity contribution >= 4 is 12.1 Å². The van der Waals surface area contributed by atoms with Gasteiger partial charge in [-0.05, 0) is 52.6 Å². The Bertz CT molecular complexity index is 533. The van der Waals surface area contributed by atoms with Crippen molar-refractivity contribution in [1.29, 1.82) is 0 Å². The molecule has 6 heteroatoms. The molecule has 0 aromatic heterocycles. The van der Waals surface area contributed by atoms with Crippen LogP contribution in [0, 0.1) is 0 Å². The second kappa shape index (κ2) is 7.97. The van der Waals surface area contributed by atoms with Gasteiger partial charge in [-0.1, -0.05) is 12.1 Å². The number of amides is 1. The summed E-state index contributed by atoms with van der Waals surface area (Å²) in [5.41, 5.74) is 0.533. The Balaban J connectivity index is 2.82. The molecular formula is C17H26N2O4. The van der Waals surface area contributed by atoms with E-state index >= 15 is 0 Å². The van der Waals surface area contributed by atoms with Crippen LogP contribution in [0.4, 0.5) is 4.79 Å². The van der Waals surface area contributed by atoms with Crippen LogP contribution in [0.5, 0.6) is 0 Å². The Hall–Kier alpha value is -2.08. The van der Waals surface area contributed by atoms with Crippen LogP contribution in [0.25, 0.3) is 0 Å². The van der Waals surface area contributed by atoms with Gasteiger partial charge >= 0.3 is 12.1 Å². The zero-order chi connectivity index (χ0) is 17.6. The lowest BCUT2D eigenvalue weighted by Crippen LogP contribution is -2.39. The van der Waals surface area contributed by atoms with E-state index in [0.29, 0.717) is 19.6 Å². The lowest BCUT2D eigenvalue weighted by Gasteiger charge is -2.28. The largest absolute Gasteiger partial charge is 0.478 e. The van der Waals surface area contributed by atoms with Crippen LogP contribution in [0.3, 0.4) is 0 Å². The summed E-state index contributed by atoms with van der Waals surface area (Å²) in [4.78, 5) is 26.8. The molecule has 0 fully saturated rings. The summed E-state index contributed by atoms with van der Waals surface area (Å²) in [7, 11) is 3.88. The van der Waals surface area contributed by atoms with E-state index in [-0.39, 0.29) is 11.7 Å². The van der Waals surface area contributed by atoms with Crippen molar-refractivity contribution < 1.29 is 19.4 Å². The number of ether oxygens (including phenoxy) is 1. The summed E-state index contributed by atoms with van der Waals surface area (Å²) in [6, 6.07) is 6.51. The van der Waals surface area contributed by atoms with Crippen LogP contribution in [0.15, 0.2) is 24.3 Å². The highest BCUT2D eigenvalue weighted by atomic mass is 16.6. The Morgan fingerprint density at radius 2 is 1.65 bits per heavy atom. The van der Waals surface area contributed by atoms with E-state index in [4.69, 9.17) is 9.84 Å². The first-order valence-corrected chi connectivity index (χ1v) is 7.53. The highest BCUT2D eigenvalue weighted by molar-refractivity contribution is 5.87. The smallest absolute Gasteiger partial charge is 0.410 e. The van der Waals surface area contributed by atoms with Gasteiger partial charge in [0.05, 0.1) is 5.56 Å². The van der Waals surface area contributed by atoms with Crippen LogP contribution in [-0.4, -0.2) is 59.8 Å². The first-order valence-electron chi connectivity index (χ1n) is 7.53. The van der Waals surface area contributed by atoms with Crippen LogP contribution in [0.1, 0.15) is 36.7 Å². The number of carbonyl (C=O) groups is 2. The van der Waals surface area contributed by atoms with E-state index in [1.165, 1.54) is 12.1 Å². The van der Waals surface area contributed by atoms with Gasteiger partial charge in [-0.3, -0.25) is 0 Å². The predicted molar refractivity (Wildman–Crippen MR) is 88.6 cm³/mol. The molecule has 1 rings (SSSR count). The van der Waals surface area contributed by atoms with Gasteiger partial charge in [-0.25, -0.2) is 9.59 Å². The van der Waals surface area contributed by atoms with Crippen molar-refractivity contribution in [2.24, 2.45) is 0 Å². The monoisotopic (exact) mass is 322 g/mol. The van der Waals surface area contributed by atoms with Crippen molar-refractivity contribution in [3.8, 4) is 0 Å². The SMILES string of the molecule is CN(C)CCN(Cc1ccc(C(=O)O)cc1)C(=O)OC(C)(C)C. The number of benzene rings is 1. The van der Waals surface area contributed by atoms with E-state index in [0.717, 1.165) is 5.56 Å². The minimum Gasteiger partial charge on any atom is -0.478 e. The maximum Gasteiger partial charge on any atom is 0.410 e. The van der Waals surface area contributed by atoms with E-state index in [1.807, 2.05) is 39.8 Å². The topological polar surface area (TPSA) is 70.1 Å². The van der Waals surface area contributed by atoms with Gasteiger partial charge in [-0.15, -0.1) is 0 Å². The Morgan fingerprint density at radius 3 is 2.09 bits per heavy atom. The molecule has 0 saturated heterocycles. The Morgan fingerprint density at radius 1 is 1.09 bits per heavy atom. The summed E-state index contributed by atoms with van der Waals surface area (Å²) in [6.45, 7) is 7.11. The van der Waals surface area contributed by atoms with E-state index in [9.17, 15) is 9.59 Å². The lowest BCUT2D eigenvalue weighted by atomic mass is 10.1. The average molecular weight is 322 g/mol. The van der Waals surface area contributed by atoms with Gasteiger partial charge in [0.25, 0.3) is 0 Å². The molecule has 6 nitrogen and oxygen atoms in total. The number of rotatable bonds is 6. The fraction of sp³-hybridized carbons (Fsp3) is 0.529. The second-order valence-corrected chi connectivity index (χ2v) is 6.71. The Kier molecular flexibility index (Phi) is 6.57. The number of aromatic carboxylic acids is 1. The third kappa shape index (κ3) is 7.15. The van der Waals surface area contributed by atoms with Crippen molar-refractivity contribution in [3.63, 3.8) is 0 Å². The van der Waals surface area contributed by atoms with Gasteiger partial charge in [0.15, 0.2) is 0 Å². The molecule has 0 aliphatic rings. The van der Waals surface area contributed by atoms with Crippen molar-refractivity contribution in [1.82, 2.24) is 9.80 Å². The highest BCUT2D eigenvalue weighted by Crippen LogP contribution is 2.13. The number of likely N-dealkylation sites (N-methyl/N-ethyl adjacent to an activating group) is 1. The molecule has 128 valence electrons. The molecule has 0 bridgehead atoms. The van der Waals surface area contributed by atoms with Crippen LogP contribution in [0.2, 0.25) is 0 Å². The summed E-state index contributed by atoms with van der Waals surface area (Å²) in [6.07, 6.45) is -0.373. The predicted octanol–water partition coefficient (Wildman–Crippen LogP) is 2.68. The number of carboxylic acids is 1. The van der Waals surface area contributed by atoms with E-state index < -0.39 is 11.6 Å². The van der Waals surface area contributed by atoms with Crippen LogP contribution >= 0.6 is 0 Å². The average Bonchev–Trinajstić information content (AvgIpc) is 2.41.